The first-order valence-corrected chi connectivity index (χ1v) is 12.9. The molecule has 3 aliphatic rings. The lowest BCUT2D eigenvalue weighted by molar-refractivity contribution is -0.122. The fourth-order valence-electron chi connectivity index (χ4n) is 6.22. The zero-order valence-corrected chi connectivity index (χ0v) is 21.1. The van der Waals surface area contributed by atoms with Gasteiger partial charge in [-0.2, -0.15) is 0 Å². The molecule has 0 aromatic heterocycles. The first-order valence-electron chi connectivity index (χ1n) is 12.9. The van der Waals surface area contributed by atoms with Crippen LogP contribution in [0.4, 0.5) is 5.69 Å². The number of carbonyl (C=O) groups excluding carboxylic acids is 2. The van der Waals surface area contributed by atoms with Crippen molar-refractivity contribution in [2.75, 3.05) is 11.5 Å². The Morgan fingerprint density at radius 3 is 2.62 bits per heavy atom. The maximum Gasteiger partial charge on any atom is 0.488 e. The standard InChI is InChI=1S/C29H32BNO6/c1-3-19-14-23-27(29(34)31(28(23)33)21-8-5-7-20(15-21)30(35)36)24-16-37-25(26(19)24)11-10-17(2)12-18-6-4-9-22(32)13-18/h4-9,12-13,15,23-25,27,32,35-36H,3,10-11,14,16H2,1-2H3/b17-12+/t23-,24+,25-,27-/m1/s1. The van der Waals surface area contributed by atoms with Crippen LogP contribution in [0.2, 0.25) is 0 Å². The number of imide groups is 1. The molecule has 8 heteroatoms. The lowest BCUT2D eigenvalue weighted by Gasteiger charge is -2.31. The maximum absolute atomic E-state index is 13.6. The van der Waals surface area contributed by atoms with Crippen molar-refractivity contribution in [3.8, 4) is 5.75 Å². The highest BCUT2D eigenvalue weighted by molar-refractivity contribution is 6.58. The van der Waals surface area contributed by atoms with Gasteiger partial charge in [0.25, 0.3) is 0 Å². The van der Waals surface area contributed by atoms with Gasteiger partial charge in [0.1, 0.15) is 5.75 Å². The molecule has 2 fully saturated rings. The van der Waals surface area contributed by atoms with Crippen molar-refractivity contribution in [1.29, 1.82) is 0 Å². The van der Waals surface area contributed by atoms with Gasteiger partial charge in [0.2, 0.25) is 11.8 Å². The molecule has 37 heavy (non-hydrogen) atoms. The van der Waals surface area contributed by atoms with Crippen molar-refractivity contribution in [3.63, 3.8) is 0 Å². The van der Waals surface area contributed by atoms with Crippen molar-refractivity contribution in [2.45, 2.75) is 45.6 Å². The zero-order valence-electron chi connectivity index (χ0n) is 21.1. The maximum atomic E-state index is 13.6. The Bertz CT molecular complexity index is 1280. The summed E-state index contributed by atoms with van der Waals surface area (Å²) in [5.74, 6) is -1.23. The number of anilines is 1. The average molecular weight is 501 g/mol. The van der Waals surface area contributed by atoms with Crippen molar-refractivity contribution >= 4 is 36.2 Å². The Balaban J connectivity index is 1.36. The van der Waals surface area contributed by atoms with Crippen LogP contribution in [0.5, 0.6) is 5.75 Å². The fourth-order valence-corrected chi connectivity index (χ4v) is 6.22. The molecule has 0 unspecified atom stereocenters. The summed E-state index contributed by atoms with van der Waals surface area (Å²) in [6.07, 6.45) is 4.94. The van der Waals surface area contributed by atoms with Crippen LogP contribution in [-0.4, -0.2) is 46.8 Å². The molecule has 3 N–H and O–H groups in total. The predicted molar refractivity (Wildman–Crippen MR) is 142 cm³/mol. The molecular formula is C29H32BNO6. The third kappa shape index (κ3) is 4.77. The van der Waals surface area contributed by atoms with Gasteiger partial charge in [0.15, 0.2) is 0 Å². The molecule has 2 saturated heterocycles. The van der Waals surface area contributed by atoms with Gasteiger partial charge in [-0.3, -0.25) is 14.5 Å². The number of ether oxygens (including phenoxy) is 1. The van der Waals surface area contributed by atoms with Gasteiger partial charge in [0.05, 0.1) is 30.2 Å². The number of aromatic hydroxyl groups is 1. The molecule has 7 nitrogen and oxygen atoms in total. The van der Waals surface area contributed by atoms with Crippen molar-refractivity contribution in [3.05, 3.63) is 70.8 Å². The quantitative estimate of drug-likeness (QED) is 0.306. The lowest BCUT2D eigenvalue weighted by Crippen LogP contribution is -2.35. The predicted octanol–water partition coefficient (Wildman–Crippen LogP) is 3.19. The van der Waals surface area contributed by atoms with Gasteiger partial charge in [-0.15, -0.1) is 0 Å². The second kappa shape index (κ2) is 10.3. The number of carbonyl (C=O) groups is 2. The molecule has 2 aromatic carbocycles. The van der Waals surface area contributed by atoms with Gasteiger partial charge in [0, 0.05) is 5.92 Å². The highest BCUT2D eigenvalue weighted by Gasteiger charge is 2.57. The second-order valence-electron chi connectivity index (χ2n) is 10.3. The topological polar surface area (TPSA) is 107 Å². The normalized spacial score (nSPS) is 25.5. The van der Waals surface area contributed by atoms with E-state index in [4.69, 9.17) is 4.74 Å². The van der Waals surface area contributed by atoms with Crippen molar-refractivity contribution < 1.29 is 29.5 Å². The number of rotatable bonds is 7. The zero-order chi connectivity index (χ0) is 26.3. The second-order valence-corrected chi connectivity index (χ2v) is 10.3. The third-order valence-corrected chi connectivity index (χ3v) is 7.95. The molecule has 1 aliphatic carbocycles. The summed E-state index contributed by atoms with van der Waals surface area (Å²) in [5, 5.41) is 28.8. The number of benzene rings is 2. The minimum absolute atomic E-state index is 0.0850. The number of allylic oxidation sites excluding steroid dienone is 2. The van der Waals surface area contributed by atoms with Gasteiger partial charge >= 0.3 is 7.12 Å². The van der Waals surface area contributed by atoms with E-state index in [2.05, 4.69) is 19.9 Å². The number of phenols is 1. The molecular weight excluding hydrogens is 469 g/mol. The first kappa shape index (κ1) is 25.5. The van der Waals surface area contributed by atoms with E-state index in [1.807, 2.05) is 12.1 Å². The Morgan fingerprint density at radius 1 is 1.11 bits per heavy atom. The number of nitrogens with zero attached hydrogens (tertiary/aromatic N) is 1. The molecule has 5 rings (SSSR count). The van der Waals surface area contributed by atoms with Crippen LogP contribution in [0.3, 0.4) is 0 Å². The highest BCUT2D eigenvalue weighted by Crippen LogP contribution is 2.51. The molecule has 2 aromatic rings. The monoisotopic (exact) mass is 501 g/mol. The molecule has 0 saturated carbocycles. The molecule has 2 heterocycles. The number of phenolic OH excluding ortho intramolecular Hbond substituents is 1. The largest absolute Gasteiger partial charge is 0.508 e. The van der Waals surface area contributed by atoms with Gasteiger partial charge in [-0.25, -0.2) is 0 Å². The smallest absolute Gasteiger partial charge is 0.488 e. The minimum Gasteiger partial charge on any atom is -0.508 e. The summed E-state index contributed by atoms with van der Waals surface area (Å²) in [7, 11) is -1.68. The molecule has 4 atom stereocenters. The summed E-state index contributed by atoms with van der Waals surface area (Å²) >= 11 is 0. The molecule has 2 aliphatic heterocycles. The van der Waals surface area contributed by atoms with Crippen LogP contribution in [-0.2, 0) is 14.3 Å². The lowest BCUT2D eigenvalue weighted by atomic mass is 9.69. The van der Waals surface area contributed by atoms with E-state index in [9.17, 15) is 24.7 Å². The fraction of sp³-hybridized carbons (Fsp3) is 0.379. The number of hydrogen-bond acceptors (Lipinski definition) is 6. The molecule has 0 spiro atoms. The minimum atomic E-state index is -1.68. The summed E-state index contributed by atoms with van der Waals surface area (Å²) in [6, 6.07) is 13.5. The SMILES string of the molecule is CCC1=C2[C@@H](CC/C(C)=C/c3cccc(O)c3)OC[C@@H]2[C@@H]2C(=O)N(c3cccc(B(O)O)c3)C(=O)[C@@H]2C1. The van der Waals surface area contributed by atoms with Crippen LogP contribution in [0.1, 0.15) is 45.1 Å². The first-order chi connectivity index (χ1) is 17.8. The van der Waals surface area contributed by atoms with Crippen molar-refractivity contribution in [1.82, 2.24) is 0 Å². The van der Waals surface area contributed by atoms with Crippen LogP contribution in [0.15, 0.2) is 65.3 Å². The van der Waals surface area contributed by atoms with Crippen LogP contribution >= 0.6 is 0 Å². The van der Waals surface area contributed by atoms with E-state index >= 15 is 0 Å². The van der Waals surface area contributed by atoms with E-state index in [1.54, 1.807) is 30.3 Å². The van der Waals surface area contributed by atoms with E-state index < -0.39 is 19.0 Å². The highest BCUT2D eigenvalue weighted by atomic mass is 16.5. The van der Waals surface area contributed by atoms with Crippen LogP contribution in [0.25, 0.3) is 6.08 Å². The van der Waals surface area contributed by atoms with Crippen LogP contribution in [0, 0.1) is 17.8 Å². The Hall–Kier alpha value is -3.20. The molecule has 2 amide bonds. The third-order valence-electron chi connectivity index (χ3n) is 7.95. The van der Waals surface area contributed by atoms with E-state index in [-0.39, 0.29) is 35.0 Å². The number of fused-ring (bicyclic) bond motifs is 3. The summed E-state index contributed by atoms with van der Waals surface area (Å²) in [5.41, 5.74) is 5.14. The summed E-state index contributed by atoms with van der Waals surface area (Å²) < 4.78 is 6.26. The Kier molecular flexibility index (Phi) is 7.07. The summed E-state index contributed by atoms with van der Waals surface area (Å²) in [4.78, 5) is 28.3. The van der Waals surface area contributed by atoms with Crippen LogP contribution < -0.4 is 10.4 Å². The molecule has 192 valence electrons. The average Bonchev–Trinajstić information content (AvgIpc) is 3.40. The molecule has 0 radical (unpaired) electrons. The number of amides is 2. The summed E-state index contributed by atoms with van der Waals surface area (Å²) in [6.45, 7) is 4.58. The van der Waals surface area contributed by atoms with E-state index in [0.29, 0.717) is 18.7 Å². The Morgan fingerprint density at radius 2 is 1.89 bits per heavy atom. The number of hydrogen-bond donors (Lipinski definition) is 3. The van der Waals surface area contributed by atoms with Gasteiger partial charge < -0.3 is 19.9 Å². The van der Waals surface area contributed by atoms with Crippen molar-refractivity contribution in [2.24, 2.45) is 17.8 Å². The van der Waals surface area contributed by atoms with E-state index in [1.165, 1.54) is 27.7 Å². The van der Waals surface area contributed by atoms with Gasteiger partial charge in [-0.1, -0.05) is 48.4 Å². The van der Waals surface area contributed by atoms with Gasteiger partial charge in [-0.05, 0) is 73.5 Å². The Labute approximate surface area is 217 Å². The van der Waals surface area contributed by atoms with E-state index in [0.717, 1.165) is 24.8 Å². The molecule has 0 bridgehead atoms.